The van der Waals surface area contributed by atoms with Crippen LogP contribution in [0, 0.1) is 70.0 Å². The SMILES string of the molecule is CCCCCCCCOc1ccc(N=Nc2ccc(OC(=O)CCCCCCCCC#CC#CCCCCCCCCC(=O)O[C@H]3CC[C@@]4(C)C(=CC[C@H]5[C@@H]6CC[C@H]([C@H](C)CCCC(C)C)[C@@]6(C)CC[C@@H]54)C3)cc2)cc1. The molecule has 7 nitrogen and oxygen atoms in total. The van der Waals surface area contributed by atoms with E-state index in [2.05, 4.69) is 81.5 Å². The Morgan fingerprint density at radius 2 is 1.20 bits per heavy atom. The van der Waals surface area contributed by atoms with Gasteiger partial charge in [0.05, 0.1) is 18.0 Å². The third-order valence-electron chi connectivity index (χ3n) is 18.6. The highest BCUT2D eigenvalue weighted by Crippen LogP contribution is 2.67. The molecule has 2 aromatic carbocycles. The summed E-state index contributed by atoms with van der Waals surface area (Å²) in [5, 5.41) is 8.66. The van der Waals surface area contributed by atoms with Crippen LogP contribution in [0.1, 0.15) is 253 Å². The molecule has 6 rings (SSSR count). The van der Waals surface area contributed by atoms with Crippen molar-refractivity contribution in [1.82, 2.24) is 0 Å². The maximum absolute atomic E-state index is 13.0. The fourth-order valence-corrected chi connectivity index (χ4v) is 14.2. The molecule has 3 fully saturated rings. The molecule has 0 radical (unpaired) electrons. The van der Waals surface area contributed by atoms with Crippen molar-refractivity contribution in [2.75, 3.05) is 6.61 Å². The predicted octanol–water partition coefficient (Wildman–Crippen LogP) is 19.9. The van der Waals surface area contributed by atoms with Gasteiger partial charge in [0, 0.05) is 32.1 Å². The van der Waals surface area contributed by atoms with Gasteiger partial charge in [-0.3, -0.25) is 9.59 Å². The minimum Gasteiger partial charge on any atom is -0.494 e. The van der Waals surface area contributed by atoms with Gasteiger partial charge in [0.2, 0.25) is 0 Å². The smallest absolute Gasteiger partial charge is 0.311 e. The van der Waals surface area contributed by atoms with Gasteiger partial charge in [-0.15, -0.1) is 0 Å². The molecule has 0 spiro atoms. The lowest BCUT2D eigenvalue weighted by atomic mass is 9.47. The number of fused-ring (bicyclic) bond motifs is 5. The summed E-state index contributed by atoms with van der Waals surface area (Å²) in [6, 6.07) is 14.8. The normalized spacial score (nSPS) is 24.0. The van der Waals surface area contributed by atoms with E-state index in [1.807, 2.05) is 24.3 Å². The first kappa shape index (κ1) is 60.9. The van der Waals surface area contributed by atoms with Crippen molar-refractivity contribution in [3.8, 4) is 35.2 Å². The Hall–Kier alpha value is -4.36. The van der Waals surface area contributed by atoms with Crippen LogP contribution >= 0.6 is 0 Å². The van der Waals surface area contributed by atoms with Crippen molar-refractivity contribution in [2.24, 2.45) is 56.6 Å². The quantitative estimate of drug-likeness (QED) is 0.0178. The molecule has 0 unspecified atom stereocenters. The van der Waals surface area contributed by atoms with E-state index in [9.17, 15) is 9.59 Å². The Morgan fingerprint density at radius 1 is 0.618 bits per heavy atom. The lowest BCUT2D eigenvalue weighted by molar-refractivity contribution is -0.151. The second-order valence-electron chi connectivity index (χ2n) is 24.8. The topological polar surface area (TPSA) is 86.6 Å². The van der Waals surface area contributed by atoms with Crippen LogP contribution in [0.4, 0.5) is 11.4 Å². The number of unbranched alkanes of at least 4 members (excludes halogenated alkanes) is 17. The number of hydrogen-bond acceptors (Lipinski definition) is 7. The van der Waals surface area contributed by atoms with Crippen LogP contribution in [0.25, 0.3) is 0 Å². The zero-order chi connectivity index (χ0) is 53.9. The van der Waals surface area contributed by atoms with Gasteiger partial charge in [0.25, 0.3) is 0 Å². The number of benzene rings is 2. The largest absolute Gasteiger partial charge is 0.494 e. The van der Waals surface area contributed by atoms with Crippen LogP contribution in [-0.4, -0.2) is 24.6 Å². The third-order valence-corrected chi connectivity index (χ3v) is 18.6. The van der Waals surface area contributed by atoms with E-state index in [0.29, 0.717) is 35.1 Å². The number of hydrogen-bond donors (Lipinski definition) is 0. The molecule has 0 bridgehead atoms. The molecule has 0 heterocycles. The van der Waals surface area contributed by atoms with Gasteiger partial charge in [-0.05, 0) is 184 Å². The summed E-state index contributed by atoms with van der Waals surface area (Å²) >= 11 is 0. The number of carbonyl (C=O) groups is 2. The first-order valence-corrected chi connectivity index (χ1v) is 31.3. The monoisotopic (exact) mass is 1040 g/mol. The molecular weight excluding hydrogens is 937 g/mol. The zero-order valence-electron chi connectivity index (χ0n) is 48.7. The lowest BCUT2D eigenvalue weighted by Crippen LogP contribution is -2.51. The summed E-state index contributed by atoms with van der Waals surface area (Å²) < 4.78 is 17.6. The lowest BCUT2D eigenvalue weighted by Gasteiger charge is -2.58. The highest BCUT2D eigenvalue weighted by molar-refractivity contribution is 5.72. The number of azo groups is 1. The van der Waals surface area contributed by atoms with Crippen molar-refractivity contribution >= 4 is 23.3 Å². The Kier molecular flexibility index (Phi) is 26.6. The van der Waals surface area contributed by atoms with Gasteiger partial charge in [-0.2, -0.15) is 10.2 Å². The van der Waals surface area contributed by atoms with Gasteiger partial charge < -0.3 is 14.2 Å². The Bertz CT molecular complexity index is 2210. The van der Waals surface area contributed by atoms with Gasteiger partial charge in [-0.1, -0.05) is 168 Å². The average molecular weight is 1040 g/mol. The van der Waals surface area contributed by atoms with E-state index in [1.165, 1.54) is 109 Å². The molecule has 0 saturated heterocycles. The second kappa shape index (κ2) is 33.2. The van der Waals surface area contributed by atoms with Crippen LogP contribution < -0.4 is 9.47 Å². The number of ether oxygens (including phenoxy) is 3. The first-order valence-electron chi connectivity index (χ1n) is 31.3. The van der Waals surface area contributed by atoms with E-state index >= 15 is 0 Å². The minimum atomic E-state index is -0.202. The van der Waals surface area contributed by atoms with E-state index in [4.69, 9.17) is 14.2 Å². The molecule has 0 amide bonds. The molecular formula is C69H102N2O5. The highest BCUT2D eigenvalue weighted by Gasteiger charge is 2.59. The fraction of sp³-hybridized carbons (Fsp3) is 0.710. The minimum absolute atomic E-state index is 0.0158. The van der Waals surface area contributed by atoms with Gasteiger partial charge in [0.1, 0.15) is 17.6 Å². The molecule has 0 aliphatic heterocycles. The summed E-state index contributed by atoms with van der Waals surface area (Å²) in [7, 11) is 0. The van der Waals surface area contributed by atoms with Crippen molar-refractivity contribution in [2.45, 2.75) is 260 Å². The van der Waals surface area contributed by atoms with Crippen LogP contribution in [-0.2, 0) is 14.3 Å². The van der Waals surface area contributed by atoms with E-state index < -0.39 is 0 Å². The molecule has 0 N–H and O–H groups in total. The summed E-state index contributed by atoms with van der Waals surface area (Å²) in [6.07, 6.45) is 40.3. The van der Waals surface area contributed by atoms with Crippen molar-refractivity contribution in [1.29, 1.82) is 0 Å². The molecule has 3 saturated carbocycles. The summed E-state index contributed by atoms with van der Waals surface area (Å²) in [6.45, 7) is 15.6. The first-order chi connectivity index (χ1) is 37.0. The molecule has 76 heavy (non-hydrogen) atoms. The standard InChI is InChI=1S/C69H102N2O5/c1-7-8-9-10-27-30-52-74-59-41-37-57(38-42-59)70-71-58-39-43-60(44-40-58)75-66(72)34-28-25-23-21-19-17-15-13-11-12-14-16-18-20-22-24-26-29-35-67(73)76-61-48-50-68(5)56(53-61)36-45-62-64-47-46-63(55(4)33-31-32-54(2)3)69(64,6)51-49-65(62)68/h36-44,54-55,61-65H,7-10,15-35,45-53H2,1-6H3/t55-,61+,62+,63-,64+,65+,68+,69-/m1/s1. The second-order valence-corrected chi connectivity index (χ2v) is 24.8. The van der Waals surface area contributed by atoms with Crippen molar-refractivity contribution in [3.05, 3.63) is 60.2 Å². The molecule has 4 aliphatic carbocycles. The number of carbonyl (C=O) groups excluding carboxylic acids is 2. The Balaban J connectivity index is 0.712. The Labute approximate surface area is 463 Å². The average Bonchev–Trinajstić information content (AvgIpc) is 3.84. The van der Waals surface area contributed by atoms with Crippen LogP contribution in [0.5, 0.6) is 11.5 Å². The van der Waals surface area contributed by atoms with Crippen LogP contribution in [0.15, 0.2) is 70.4 Å². The summed E-state index contributed by atoms with van der Waals surface area (Å²) in [4.78, 5) is 25.4. The van der Waals surface area contributed by atoms with Crippen LogP contribution in [0.2, 0.25) is 0 Å². The molecule has 7 heteroatoms. The molecule has 418 valence electrons. The van der Waals surface area contributed by atoms with Gasteiger partial charge in [-0.25, -0.2) is 0 Å². The summed E-state index contributed by atoms with van der Waals surface area (Å²) in [5.74, 6) is 18.8. The number of allylic oxidation sites excluding steroid dienone is 1. The molecule has 4 aliphatic rings. The maximum Gasteiger partial charge on any atom is 0.311 e. The number of rotatable bonds is 33. The zero-order valence-corrected chi connectivity index (χ0v) is 48.7. The highest BCUT2D eigenvalue weighted by atomic mass is 16.5. The van der Waals surface area contributed by atoms with E-state index in [0.717, 1.165) is 143 Å². The molecule has 2 aromatic rings. The third kappa shape index (κ3) is 19.8. The molecule has 0 aromatic heterocycles. The fourth-order valence-electron chi connectivity index (χ4n) is 14.2. The number of nitrogens with zero attached hydrogens (tertiary/aromatic N) is 2. The number of esters is 2. The predicted molar refractivity (Wildman–Crippen MR) is 314 cm³/mol. The van der Waals surface area contributed by atoms with Gasteiger partial charge in [0.15, 0.2) is 0 Å². The molecule has 8 atom stereocenters. The van der Waals surface area contributed by atoms with Gasteiger partial charge >= 0.3 is 11.9 Å². The van der Waals surface area contributed by atoms with Crippen LogP contribution in [0.3, 0.4) is 0 Å². The maximum atomic E-state index is 13.0. The van der Waals surface area contributed by atoms with E-state index in [-0.39, 0.29) is 18.0 Å². The van der Waals surface area contributed by atoms with Crippen molar-refractivity contribution < 1.29 is 23.8 Å². The van der Waals surface area contributed by atoms with E-state index in [1.54, 1.807) is 29.8 Å². The van der Waals surface area contributed by atoms with Crippen molar-refractivity contribution in [3.63, 3.8) is 0 Å². The summed E-state index contributed by atoms with van der Waals surface area (Å²) in [5.41, 5.74) is 3.89. The Morgan fingerprint density at radius 3 is 1.83 bits per heavy atom.